The summed E-state index contributed by atoms with van der Waals surface area (Å²) < 4.78 is 16.1. The molecule has 0 bridgehead atoms. The minimum atomic E-state index is -0.363. The zero-order valence-corrected chi connectivity index (χ0v) is 9.22. The van der Waals surface area contributed by atoms with Gasteiger partial charge in [0.2, 0.25) is 0 Å². The third-order valence-electron chi connectivity index (χ3n) is 2.40. The van der Waals surface area contributed by atoms with E-state index in [-0.39, 0.29) is 18.5 Å². The maximum Gasteiger partial charge on any atom is 0.158 e. The minimum Gasteiger partial charge on any atom is -0.390 e. The van der Waals surface area contributed by atoms with E-state index in [4.69, 9.17) is 19.9 Å². The van der Waals surface area contributed by atoms with Crippen LogP contribution in [-0.4, -0.2) is 50.0 Å². The highest BCUT2D eigenvalue weighted by Gasteiger charge is 2.26. The predicted molar refractivity (Wildman–Crippen MR) is 55.4 cm³/mol. The lowest BCUT2D eigenvalue weighted by atomic mass is 10.1. The van der Waals surface area contributed by atoms with Crippen molar-refractivity contribution in [1.29, 1.82) is 0 Å². The van der Waals surface area contributed by atoms with Crippen LogP contribution >= 0.6 is 0 Å². The molecule has 0 radical (unpaired) electrons. The summed E-state index contributed by atoms with van der Waals surface area (Å²) in [5.74, 6) is 0. The second-order valence-electron chi connectivity index (χ2n) is 3.69. The molecule has 0 unspecified atom stereocenters. The lowest BCUT2D eigenvalue weighted by Gasteiger charge is -2.31. The largest absolute Gasteiger partial charge is 0.390 e. The van der Waals surface area contributed by atoms with Crippen molar-refractivity contribution in [2.45, 2.75) is 38.3 Å². The molecule has 0 aromatic heterocycles. The predicted octanol–water partition coefficient (Wildman–Crippen LogP) is -0.136. The number of nitrogens with two attached hydrogens (primary N) is 1. The smallest absolute Gasteiger partial charge is 0.158 e. The Morgan fingerprint density at radius 3 is 2.80 bits per heavy atom. The number of ether oxygens (including phenoxy) is 3. The average Bonchev–Trinajstić information content (AvgIpc) is 2.23. The molecule has 15 heavy (non-hydrogen) atoms. The number of rotatable bonds is 6. The standard InChI is InChI=1S/C10H21NO4/c1-8-9(12)2-3-10(15-8)14-7-6-13-5-4-11/h8-10,12H,2-7,11H2,1H3/t8-,9+,10+/m0/s1. The van der Waals surface area contributed by atoms with Gasteiger partial charge in [-0.2, -0.15) is 0 Å². The van der Waals surface area contributed by atoms with Crippen LogP contribution in [0.15, 0.2) is 0 Å². The number of aliphatic hydroxyl groups excluding tert-OH is 1. The maximum atomic E-state index is 9.42. The van der Waals surface area contributed by atoms with Crippen LogP contribution in [0.3, 0.4) is 0 Å². The van der Waals surface area contributed by atoms with E-state index in [1.54, 1.807) is 0 Å². The number of hydrogen-bond acceptors (Lipinski definition) is 5. The van der Waals surface area contributed by atoms with Crippen molar-refractivity contribution in [3.05, 3.63) is 0 Å². The molecule has 3 N–H and O–H groups in total. The van der Waals surface area contributed by atoms with Crippen LogP contribution in [0.2, 0.25) is 0 Å². The van der Waals surface area contributed by atoms with Crippen molar-refractivity contribution in [3.63, 3.8) is 0 Å². The van der Waals surface area contributed by atoms with Gasteiger partial charge in [0.25, 0.3) is 0 Å². The van der Waals surface area contributed by atoms with E-state index in [1.807, 2.05) is 6.92 Å². The Balaban J connectivity index is 2.02. The first-order valence-electron chi connectivity index (χ1n) is 5.47. The Labute approximate surface area is 90.5 Å². The van der Waals surface area contributed by atoms with Crippen molar-refractivity contribution in [2.75, 3.05) is 26.4 Å². The summed E-state index contributed by atoms with van der Waals surface area (Å²) in [6.07, 6.45) is 0.759. The molecule has 3 atom stereocenters. The second-order valence-corrected chi connectivity index (χ2v) is 3.69. The van der Waals surface area contributed by atoms with Gasteiger partial charge < -0.3 is 25.1 Å². The lowest BCUT2D eigenvalue weighted by molar-refractivity contribution is -0.220. The van der Waals surface area contributed by atoms with Gasteiger partial charge in [-0.05, 0) is 13.3 Å². The molecular weight excluding hydrogens is 198 g/mol. The van der Waals surface area contributed by atoms with Crippen molar-refractivity contribution >= 4 is 0 Å². The van der Waals surface area contributed by atoms with Crippen molar-refractivity contribution < 1.29 is 19.3 Å². The van der Waals surface area contributed by atoms with Crippen molar-refractivity contribution in [3.8, 4) is 0 Å². The summed E-state index contributed by atoms with van der Waals surface area (Å²) >= 11 is 0. The molecule has 1 heterocycles. The van der Waals surface area contributed by atoms with Gasteiger partial charge in [0, 0.05) is 13.0 Å². The summed E-state index contributed by atoms with van der Waals surface area (Å²) in [7, 11) is 0. The average molecular weight is 219 g/mol. The van der Waals surface area contributed by atoms with Gasteiger partial charge in [-0.1, -0.05) is 0 Å². The molecule has 90 valence electrons. The first kappa shape index (κ1) is 12.9. The van der Waals surface area contributed by atoms with E-state index in [0.29, 0.717) is 26.4 Å². The van der Waals surface area contributed by atoms with Crippen LogP contribution in [0.1, 0.15) is 19.8 Å². The molecule has 1 fully saturated rings. The molecule has 5 nitrogen and oxygen atoms in total. The Hall–Kier alpha value is -0.200. The molecule has 0 aromatic rings. The van der Waals surface area contributed by atoms with Crippen LogP contribution in [0.4, 0.5) is 0 Å². The molecule has 1 saturated heterocycles. The SMILES string of the molecule is C[C@@H]1O[C@@H](OCCOCCN)CC[C@H]1O. The molecule has 1 aliphatic rings. The topological polar surface area (TPSA) is 73.9 Å². The number of hydrogen-bond donors (Lipinski definition) is 2. The summed E-state index contributed by atoms with van der Waals surface area (Å²) in [6, 6.07) is 0. The van der Waals surface area contributed by atoms with Gasteiger partial charge in [-0.25, -0.2) is 0 Å². The monoisotopic (exact) mass is 219 g/mol. The number of aliphatic hydroxyl groups is 1. The molecule has 1 aliphatic heterocycles. The summed E-state index contributed by atoms with van der Waals surface area (Å²) in [6.45, 7) is 3.99. The highest BCUT2D eigenvalue weighted by atomic mass is 16.7. The van der Waals surface area contributed by atoms with Crippen molar-refractivity contribution in [1.82, 2.24) is 0 Å². The highest BCUT2D eigenvalue weighted by molar-refractivity contribution is 4.71. The third-order valence-corrected chi connectivity index (χ3v) is 2.40. The Morgan fingerprint density at radius 2 is 2.13 bits per heavy atom. The summed E-state index contributed by atoms with van der Waals surface area (Å²) in [4.78, 5) is 0. The second kappa shape index (κ2) is 7.14. The fourth-order valence-corrected chi connectivity index (χ4v) is 1.49. The van der Waals surface area contributed by atoms with E-state index in [9.17, 15) is 5.11 Å². The van der Waals surface area contributed by atoms with Gasteiger partial charge in [0.1, 0.15) is 0 Å². The van der Waals surface area contributed by atoms with E-state index >= 15 is 0 Å². The quantitative estimate of drug-likeness (QED) is 0.608. The zero-order valence-electron chi connectivity index (χ0n) is 9.22. The van der Waals surface area contributed by atoms with Gasteiger partial charge in [0.15, 0.2) is 6.29 Å². The minimum absolute atomic E-state index is 0.145. The lowest BCUT2D eigenvalue weighted by Crippen LogP contribution is -2.38. The zero-order chi connectivity index (χ0) is 11.1. The fraction of sp³-hybridized carbons (Fsp3) is 1.00. The van der Waals surface area contributed by atoms with Crippen molar-refractivity contribution in [2.24, 2.45) is 5.73 Å². The molecule has 0 spiro atoms. The van der Waals surface area contributed by atoms with Crippen LogP contribution in [0.25, 0.3) is 0 Å². The Bertz CT molecular complexity index is 168. The van der Waals surface area contributed by atoms with Gasteiger partial charge in [0.05, 0.1) is 32.0 Å². The van der Waals surface area contributed by atoms with E-state index in [0.717, 1.165) is 12.8 Å². The van der Waals surface area contributed by atoms with Gasteiger partial charge >= 0.3 is 0 Å². The molecule has 0 saturated carbocycles. The van der Waals surface area contributed by atoms with Crippen LogP contribution in [-0.2, 0) is 14.2 Å². The maximum absolute atomic E-state index is 9.42. The first-order valence-corrected chi connectivity index (χ1v) is 5.47. The Morgan fingerprint density at radius 1 is 1.33 bits per heavy atom. The highest BCUT2D eigenvalue weighted by Crippen LogP contribution is 2.19. The third kappa shape index (κ3) is 4.90. The van der Waals surface area contributed by atoms with Gasteiger partial charge in [-0.15, -0.1) is 0 Å². The molecule has 5 heteroatoms. The van der Waals surface area contributed by atoms with Gasteiger partial charge in [-0.3, -0.25) is 0 Å². The van der Waals surface area contributed by atoms with Crippen LogP contribution in [0, 0.1) is 0 Å². The van der Waals surface area contributed by atoms with E-state index in [2.05, 4.69) is 0 Å². The fourth-order valence-electron chi connectivity index (χ4n) is 1.49. The molecular formula is C10H21NO4. The van der Waals surface area contributed by atoms with E-state index in [1.165, 1.54) is 0 Å². The summed E-state index contributed by atoms with van der Waals surface area (Å²) in [5, 5.41) is 9.42. The molecule has 0 aliphatic carbocycles. The normalized spacial score (nSPS) is 31.8. The first-order chi connectivity index (χ1) is 7.24. The van der Waals surface area contributed by atoms with Crippen LogP contribution < -0.4 is 5.73 Å². The molecule has 0 amide bonds. The van der Waals surface area contributed by atoms with E-state index < -0.39 is 0 Å². The summed E-state index contributed by atoms with van der Waals surface area (Å²) in [5.41, 5.74) is 5.27. The molecule has 1 rings (SSSR count). The Kier molecular flexibility index (Phi) is 6.12. The molecule has 0 aromatic carbocycles. The van der Waals surface area contributed by atoms with Crippen LogP contribution in [0.5, 0.6) is 0 Å².